The van der Waals surface area contributed by atoms with Gasteiger partial charge in [0.25, 0.3) is 0 Å². The van der Waals surface area contributed by atoms with Crippen LogP contribution in [0.3, 0.4) is 0 Å². The number of hydrogen-bond donors (Lipinski definition) is 1. The molecule has 0 spiro atoms. The smallest absolute Gasteiger partial charge is 0.129 e. The maximum Gasteiger partial charge on any atom is 0.129 e. The number of nitrogens with zero attached hydrogens (tertiary/aromatic N) is 1. The molecule has 2 nitrogen and oxygen atoms in total. The van der Waals surface area contributed by atoms with Gasteiger partial charge in [-0.25, -0.2) is 4.98 Å². The second-order valence-corrected chi connectivity index (χ2v) is 3.41. The molecule has 0 aliphatic carbocycles. The molecule has 0 unspecified atom stereocenters. The number of halogens is 1. The van der Waals surface area contributed by atoms with Gasteiger partial charge in [-0.2, -0.15) is 0 Å². The summed E-state index contributed by atoms with van der Waals surface area (Å²) in [4.78, 5) is 3.95. The first-order valence-electron chi connectivity index (χ1n) is 3.90. The Hall–Kier alpha value is -0.600. The monoisotopic (exact) mass is 185 g/mol. The Labute approximate surface area is 77.2 Å². The van der Waals surface area contributed by atoms with E-state index in [2.05, 4.69) is 18.8 Å². The van der Waals surface area contributed by atoms with Gasteiger partial charge in [-0.1, -0.05) is 25.4 Å². The fraction of sp³-hybridized carbons (Fsp3) is 0.444. The third-order valence-corrected chi connectivity index (χ3v) is 1.89. The third kappa shape index (κ3) is 2.19. The average Bonchev–Trinajstić information content (AvgIpc) is 2.03. The maximum atomic E-state index is 8.85. The van der Waals surface area contributed by atoms with Crippen LogP contribution in [0.25, 0.3) is 0 Å². The molecule has 0 aliphatic rings. The SMILES string of the molecule is CC(C)c1cc(Cl)nc(CO)c1. The molecule has 66 valence electrons. The van der Waals surface area contributed by atoms with Gasteiger partial charge in [-0.05, 0) is 23.6 Å². The van der Waals surface area contributed by atoms with Crippen LogP contribution in [0, 0.1) is 0 Å². The summed E-state index contributed by atoms with van der Waals surface area (Å²) in [6, 6.07) is 3.70. The molecule has 0 saturated heterocycles. The lowest BCUT2D eigenvalue weighted by atomic mass is 10.0. The zero-order chi connectivity index (χ0) is 9.14. The Bertz CT molecular complexity index is 273. The van der Waals surface area contributed by atoms with Gasteiger partial charge in [0, 0.05) is 0 Å². The molecule has 12 heavy (non-hydrogen) atoms. The Morgan fingerprint density at radius 3 is 2.67 bits per heavy atom. The largest absolute Gasteiger partial charge is 0.390 e. The summed E-state index contributed by atoms with van der Waals surface area (Å²) in [7, 11) is 0. The Morgan fingerprint density at radius 2 is 2.17 bits per heavy atom. The molecular weight excluding hydrogens is 174 g/mol. The molecule has 0 atom stereocenters. The van der Waals surface area contributed by atoms with Crippen LogP contribution >= 0.6 is 11.6 Å². The minimum absolute atomic E-state index is 0.0553. The highest BCUT2D eigenvalue weighted by Crippen LogP contribution is 2.18. The van der Waals surface area contributed by atoms with Crippen LogP contribution in [0.2, 0.25) is 5.15 Å². The fourth-order valence-electron chi connectivity index (χ4n) is 0.988. The van der Waals surface area contributed by atoms with Gasteiger partial charge in [-0.3, -0.25) is 0 Å². The van der Waals surface area contributed by atoms with Gasteiger partial charge >= 0.3 is 0 Å². The summed E-state index contributed by atoms with van der Waals surface area (Å²) in [6.45, 7) is 4.10. The van der Waals surface area contributed by atoms with Crippen LogP contribution in [-0.4, -0.2) is 10.1 Å². The Kier molecular flexibility index (Phi) is 3.06. The third-order valence-electron chi connectivity index (χ3n) is 1.70. The first kappa shape index (κ1) is 9.49. The van der Waals surface area contributed by atoms with Crippen LogP contribution in [0.5, 0.6) is 0 Å². The topological polar surface area (TPSA) is 33.1 Å². The molecule has 0 bridgehead atoms. The summed E-state index contributed by atoms with van der Waals surface area (Å²) in [5, 5.41) is 9.30. The van der Waals surface area contributed by atoms with E-state index in [4.69, 9.17) is 16.7 Å². The van der Waals surface area contributed by atoms with Gasteiger partial charge in [0.2, 0.25) is 0 Å². The van der Waals surface area contributed by atoms with E-state index in [1.165, 1.54) is 0 Å². The van der Waals surface area contributed by atoms with Crippen molar-refractivity contribution in [2.24, 2.45) is 0 Å². The second kappa shape index (κ2) is 3.87. The number of aliphatic hydroxyl groups is 1. The quantitative estimate of drug-likeness (QED) is 0.718. The van der Waals surface area contributed by atoms with Crippen molar-refractivity contribution < 1.29 is 5.11 Å². The average molecular weight is 186 g/mol. The van der Waals surface area contributed by atoms with E-state index in [1.807, 2.05) is 12.1 Å². The van der Waals surface area contributed by atoms with Crippen LogP contribution in [0.15, 0.2) is 12.1 Å². The minimum atomic E-state index is -0.0553. The molecule has 0 aromatic carbocycles. The van der Waals surface area contributed by atoms with Crippen LogP contribution in [0.1, 0.15) is 31.0 Å². The molecule has 1 aromatic heterocycles. The van der Waals surface area contributed by atoms with Gasteiger partial charge in [0.05, 0.1) is 12.3 Å². The summed E-state index contributed by atoms with van der Waals surface area (Å²) in [6.07, 6.45) is 0. The van der Waals surface area contributed by atoms with Gasteiger partial charge < -0.3 is 5.11 Å². The van der Waals surface area contributed by atoms with Crippen LogP contribution < -0.4 is 0 Å². The molecule has 1 heterocycles. The van der Waals surface area contributed by atoms with Crippen molar-refractivity contribution in [2.45, 2.75) is 26.4 Å². The van der Waals surface area contributed by atoms with E-state index in [0.717, 1.165) is 5.56 Å². The molecule has 0 fully saturated rings. The highest BCUT2D eigenvalue weighted by atomic mass is 35.5. The van der Waals surface area contributed by atoms with Crippen molar-refractivity contribution in [3.8, 4) is 0 Å². The number of hydrogen-bond acceptors (Lipinski definition) is 2. The molecule has 0 saturated carbocycles. The molecule has 1 N–H and O–H groups in total. The van der Waals surface area contributed by atoms with E-state index in [1.54, 1.807) is 0 Å². The lowest BCUT2D eigenvalue weighted by Crippen LogP contribution is -1.94. The zero-order valence-corrected chi connectivity index (χ0v) is 7.97. The standard InChI is InChI=1S/C9H12ClNO/c1-6(2)7-3-8(5-12)11-9(10)4-7/h3-4,6,12H,5H2,1-2H3. The van der Waals surface area contributed by atoms with Crippen LogP contribution in [0.4, 0.5) is 0 Å². The summed E-state index contributed by atoms with van der Waals surface area (Å²) >= 11 is 5.75. The number of aromatic nitrogens is 1. The summed E-state index contributed by atoms with van der Waals surface area (Å²) in [5.74, 6) is 0.413. The highest BCUT2D eigenvalue weighted by Gasteiger charge is 2.03. The van der Waals surface area contributed by atoms with E-state index < -0.39 is 0 Å². The van der Waals surface area contributed by atoms with Crippen molar-refractivity contribution in [3.05, 3.63) is 28.5 Å². The second-order valence-electron chi connectivity index (χ2n) is 3.03. The normalized spacial score (nSPS) is 10.8. The molecule has 0 radical (unpaired) electrons. The molecular formula is C9H12ClNO. The lowest BCUT2D eigenvalue weighted by molar-refractivity contribution is 0.276. The van der Waals surface area contributed by atoms with E-state index in [9.17, 15) is 0 Å². The first-order valence-corrected chi connectivity index (χ1v) is 4.28. The van der Waals surface area contributed by atoms with Crippen molar-refractivity contribution in [3.63, 3.8) is 0 Å². The number of rotatable bonds is 2. The number of pyridine rings is 1. The van der Waals surface area contributed by atoms with E-state index in [0.29, 0.717) is 16.8 Å². The van der Waals surface area contributed by atoms with Crippen molar-refractivity contribution in [1.29, 1.82) is 0 Å². The Morgan fingerprint density at radius 1 is 1.50 bits per heavy atom. The van der Waals surface area contributed by atoms with Gasteiger partial charge in [0.15, 0.2) is 0 Å². The predicted octanol–water partition coefficient (Wildman–Crippen LogP) is 2.35. The Balaban J connectivity index is 3.06. The summed E-state index contributed by atoms with van der Waals surface area (Å²) < 4.78 is 0. The first-order chi connectivity index (χ1) is 5.63. The molecule has 1 aromatic rings. The predicted molar refractivity (Wildman–Crippen MR) is 49.3 cm³/mol. The van der Waals surface area contributed by atoms with Gasteiger partial charge in [0.1, 0.15) is 5.15 Å². The summed E-state index contributed by atoms with van der Waals surface area (Å²) in [5.41, 5.74) is 1.74. The maximum absolute atomic E-state index is 8.85. The van der Waals surface area contributed by atoms with Crippen LogP contribution in [-0.2, 0) is 6.61 Å². The molecule has 1 rings (SSSR count). The fourth-order valence-corrected chi connectivity index (χ4v) is 1.22. The molecule has 0 amide bonds. The zero-order valence-electron chi connectivity index (χ0n) is 7.21. The lowest BCUT2D eigenvalue weighted by Gasteiger charge is -2.06. The van der Waals surface area contributed by atoms with E-state index >= 15 is 0 Å². The molecule has 0 aliphatic heterocycles. The van der Waals surface area contributed by atoms with Crippen molar-refractivity contribution in [1.82, 2.24) is 4.98 Å². The number of aliphatic hydroxyl groups excluding tert-OH is 1. The van der Waals surface area contributed by atoms with Crippen molar-refractivity contribution >= 4 is 11.6 Å². The van der Waals surface area contributed by atoms with E-state index in [-0.39, 0.29) is 6.61 Å². The van der Waals surface area contributed by atoms with Crippen molar-refractivity contribution in [2.75, 3.05) is 0 Å². The van der Waals surface area contributed by atoms with Gasteiger partial charge in [-0.15, -0.1) is 0 Å². The molecule has 3 heteroatoms. The highest BCUT2D eigenvalue weighted by molar-refractivity contribution is 6.29. The minimum Gasteiger partial charge on any atom is -0.390 e.